The van der Waals surface area contributed by atoms with E-state index < -0.39 is 0 Å². The normalized spacial score (nSPS) is 10.6. The molecule has 1 rings (SSSR count). The van der Waals surface area contributed by atoms with E-state index in [4.69, 9.17) is 9.47 Å². The monoisotopic (exact) mass is 296 g/mol. The first-order chi connectivity index (χ1) is 10.3. The Bertz CT molecular complexity index is 388. The molecule has 0 aliphatic heterocycles. The van der Waals surface area contributed by atoms with Crippen LogP contribution in [0.5, 0.6) is 0 Å². The van der Waals surface area contributed by atoms with Gasteiger partial charge in [0.05, 0.1) is 13.2 Å². The summed E-state index contributed by atoms with van der Waals surface area (Å²) in [4.78, 5) is 8.95. The molecule has 120 valence electrons. The van der Waals surface area contributed by atoms with Crippen molar-refractivity contribution in [2.24, 2.45) is 0 Å². The van der Waals surface area contributed by atoms with Crippen molar-refractivity contribution in [1.29, 1.82) is 0 Å². The van der Waals surface area contributed by atoms with Crippen LogP contribution in [0.4, 0.5) is 11.6 Å². The van der Waals surface area contributed by atoms with E-state index in [0.717, 1.165) is 56.4 Å². The Hall–Kier alpha value is -1.40. The van der Waals surface area contributed by atoms with E-state index in [-0.39, 0.29) is 0 Å². The van der Waals surface area contributed by atoms with Gasteiger partial charge in [-0.1, -0.05) is 13.8 Å². The fourth-order valence-electron chi connectivity index (χ4n) is 1.72. The molecule has 0 saturated heterocycles. The van der Waals surface area contributed by atoms with Gasteiger partial charge in [0.1, 0.15) is 17.5 Å². The van der Waals surface area contributed by atoms with Crippen molar-refractivity contribution in [2.75, 3.05) is 50.7 Å². The molecule has 0 radical (unpaired) electrons. The van der Waals surface area contributed by atoms with E-state index in [9.17, 15) is 0 Å². The highest BCUT2D eigenvalue weighted by Crippen LogP contribution is 2.12. The number of hydrogen-bond donors (Lipinski definition) is 2. The minimum Gasteiger partial charge on any atom is -0.382 e. The van der Waals surface area contributed by atoms with Crippen LogP contribution in [0.1, 0.15) is 32.5 Å². The van der Waals surface area contributed by atoms with E-state index in [1.807, 2.05) is 6.07 Å². The average Bonchev–Trinajstić information content (AvgIpc) is 2.51. The average molecular weight is 296 g/mol. The lowest BCUT2D eigenvalue weighted by Crippen LogP contribution is -2.11. The second kappa shape index (κ2) is 11.3. The third kappa shape index (κ3) is 7.82. The maximum Gasteiger partial charge on any atom is 0.132 e. The van der Waals surface area contributed by atoms with Crippen molar-refractivity contribution in [3.63, 3.8) is 0 Å². The molecule has 0 bridgehead atoms. The first kappa shape index (κ1) is 17.7. The van der Waals surface area contributed by atoms with Crippen LogP contribution in [0.15, 0.2) is 6.07 Å². The zero-order chi connectivity index (χ0) is 15.3. The van der Waals surface area contributed by atoms with Gasteiger partial charge in [0.2, 0.25) is 0 Å². The Kier molecular flexibility index (Phi) is 9.48. The van der Waals surface area contributed by atoms with Gasteiger partial charge in [0, 0.05) is 39.3 Å². The summed E-state index contributed by atoms with van der Waals surface area (Å²) in [6, 6.07) is 1.96. The van der Waals surface area contributed by atoms with Crippen molar-refractivity contribution in [2.45, 2.75) is 33.1 Å². The summed E-state index contributed by atoms with van der Waals surface area (Å²) in [6.45, 7) is 7.97. The molecular formula is C15H28N4O2. The van der Waals surface area contributed by atoms with E-state index in [1.165, 1.54) is 0 Å². The summed E-state index contributed by atoms with van der Waals surface area (Å²) < 4.78 is 10.3. The Balaban J connectivity index is 2.35. The largest absolute Gasteiger partial charge is 0.382 e. The molecule has 0 atom stereocenters. The fraction of sp³-hybridized carbons (Fsp3) is 0.733. The van der Waals surface area contributed by atoms with E-state index in [0.29, 0.717) is 13.2 Å². The minimum absolute atomic E-state index is 0.645. The molecule has 0 aliphatic carbocycles. The minimum atomic E-state index is 0.645. The van der Waals surface area contributed by atoms with Crippen LogP contribution >= 0.6 is 0 Å². The Morgan fingerprint density at radius 1 is 1.00 bits per heavy atom. The molecule has 21 heavy (non-hydrogen) atoms. The van der Waals surface area contributed by atoms with Crippen LogP contribution in [0.2, 0.25) is 0 Å². The predicted octanol–water partition coefficient (Wildman–Crippen LogP) is 2.33. The van der Waals surface area contributed by atoms with Crippen molar-refractivity contribution in [3.05, 3.63) is 11.9 Å². The number of nitrogens with zero attached hydrogens (tertiary/aromatic N) is 2. The second-order valence-electron chi connectivity index (χ2n) is 4.72. The van der Waals surface area contributed by atoms with Crippen molar-refractivity contribution >= 4 is 11.6 Å². The number of rotatable bonds is 12. The molecule has 2 N–H and O–H groups in total. The van der Waals surface area contributed by atoms with Crippen molar-refractivity contribution in [1.82, 2.24) is 9.97 Å². The lowest BCUT2D eigenvalue weighted by atomic mass is 10.4. The molecule has 0 fully saturated rings. The van der Waals surface area contributed by atoms with Crippen LogP contribution in [-0.2, 0) is 15.9 Å². The second-order valence-corrected chi connectivity index (χ2v) is 4.72. The predicted molar refractivity (Wildman–Crippen MR) is 86.0 cm³/mol. The van der Waals surface area contributed by atoms with E-state index >= 15 is 0 Å². The third-order valence-electron chi connectivity index (χ3n) is 2.85. The molecule has 0 unspecified atom stereocenters. The number of aryl methyl sites for hydroxylation is 1. The highest BCUT2D eigenvalue weighted by molar-refractivity contribution is 5.47. The highest BCUT2D eigenvalue weighted by Gasteiger charge is 2.02. The standard InChI is InChI=1S/C15H28N4O2/c1-4-7-16-14-12-15(19-13(5-2)18-14)17-8-6-9-21-11-10-20-3/h12H,4-11H2,1-3H3,(H2,16,17,18,19). The maximum atomic E-state index is 5.42. The molecule has 0 aliphatic rings. The molecule has 0 spiro atoms. The van der Waals surface area contributed by atoms with Gasteiger partial charge in [0.15, 0.2) is 0 Å². The lowest BCUT2D eigenvalue weighted by molar-refractivity contribution is 0.0705. The Morgan fingerprint density at radius 2 is 1.71 bits per heavy atom. The number of anilines is 2. The summed E-state index contributed by atoms with van der Waals surface area (Å²) in [6.07, 6.45) is 2.84. The SMILES string of the molecule is CCCNc1cc(NCCCOCCOC)nc(CC)n1. The Morgan fingerprint density at radius 3 is 2.33 bits per heavy atom. The zero-order valence-corrected chi connectivity index (χ0v) is 13.4. The lowest BCUT2D eigenvalue weighted by Gasteiger charge is -2.10. The molecule has 6 heteroatoms. The summed E-state index contributed by atoms with van der Waals surface area (Å²) in [5, 5.41) is 6.63. The quantitative estimate of drug-likeness (QED) is 0.577. The van der Waals surface area contributed by atoms with Gasteiger partial charge in [-0.15, -0.1) is 0 Å². The number of nitrogens with one attached hydrogen (secondary N) is 2. The smallest absolute Gasteiger partial charge is 0.132 e. The number of methoxy groups -OCH3 is 1. The summed E-state index contributed by atoms with van der Waals surface area (Å²) in [5.41, 5.74) is 0. The topological polar surface area (TPSA) is 68.3 Å². The fourth-order valence-corrected chi connectivity index (χ4v) is 1.72. The maximum absolute atomic E-state index is 5.42. The first-order valence-electron chi connectivity index (χ1n) is 7.72. The van der Waals surface area contributed by atoms with Gasteiger partial charge in [-0.2, -0.15) is 0 Å². The molecule has 1 aromatic heterocycles. The molecule has 1 aromatic rings. The molecule has 1 heterocycles. The molecular weight excluding hydrogens is 268 g/mol. The number of ether oxygens (including phenoxy) is 2. The molecule has 6 nitrogen and oxygen atoms in total. The summed E-state index contributed by atoms with van der Waals surface area (Å²) in [7, 11) is 1.68. The summed E-state index contributed by atoms with van der Waals surface area (Å²) >= 11 is 0. The van der Waals surface area contributed by atoms with Crippen LogP contribution in [0, 0.1) is 0 Å². The first-order valence-corrected chi connectivity index (χ1v) is 7.72. The zero-order valence-electron chi connectivity index (χ0n) is 13.4. The van der Waals surface area contributed by atoms with Gasteiger partial charge in [-0.25, -0.2) is 9.97 Å². The van der Waals surface area contributed by atoms with Crippen molar-refractivity contribution < 1.29 is 9.47 Å². The van der Waals surface area contributed by atoms with Crippen molar-refractivity contribution in [3.8, 4) is 0 Å². The van der Waals surface area contributed by atoms with Crippen LogP contribution in [-0.4, -0.2) is 50.0 Å². The number of hydrogen-bond acceptors (Lipinski definition) is 6. The van der Waals surface area contributed by atoms with E-state index in [1.54, 1.807) is 7.11 Å². The summed E-state index contributed by atoms with van der Waals surface area (Å²) in [5.74, 6) is 2.62. The van der Waals surface area contributed by atoms with Crippen LogP contribution in [0.3, 0.4) is 0 Å². The third-order valence-corrected chi connectivity index (χ3v) is 2.85. The van der Waals surface area contributed by atoms with Gasteiger partial charge in [0.25, 0.3) is 0 Å². The molecule has 0 aromatic carbocycles. The van der Waals surface area contributed by atoms with Gasteiger partial charge < -0.3 is 20.1 Å². The van der Waals surface area contributed by atoms with Gasteiger partial charge in [-0.3, -0.25) is 0 Å². The molecule has 0 amide bonds. The van der Waals surface area contributed by atoms with Gasteiger partial charge in [-0.05, 0) is 12.8 Å². The Labute approximate surface area is 127 Å². The van der Waals surface area contributed by atoms with E-state index in [2.05, 4.69) is 34.4 Å². The molecule has 0 saturated carbocycles. The van der Waals surface area contributed by atoms with Crippen LogP contribution in [0.25, 0.3) is 0 Å². The van der Waals surface area contributed by atoms with Crippen LogP contribution < -0.4 is 10.6 Å². The highest BCUT2D eigenvalue weighted by atomic mass is 16.5. The number of aromatic nitrogens is 2. The van der Waals surface area contributed by atoms with Gasteiger partial charge >= 0.3 is 0 Å².